The van der Waals surface area contributed by atoms with E-state index < -0.39 is 0 Å². The average molecular weight is 270 g/mol. The van der Waals surface area contributed by atoms with E-state index in [2.05, 4.69) is 20.6 Å². The number of hydrogen-bond acceptors (Lipinski definition) is 3. The zero-order chi connectivity index (χ0) is 13.8. The molecule has 3 rings (SSSR count). The van der Waals surface area contributed by atoms with Crippen LogP contribution < -0.4 is 10.6 Å². The van der Waals surface area contributed by atoms with E-state index in [9.17, 15) is 4.79 Å². The normalized spacial score (nSPS) is 13.4. The van der Waals surface area contributed by atoms with Gasteiger partial charge < -0.3 is 15.6 Å². The molecule has 0 spiro atoms. The van der Waals surface area contributed by atoms with E-state index >= 15 is 0 Å². The maximum atomic E-state index is 12.1. The highest BCUT2D eigenvalue weighted by Crippen LogP contribution is 2.22. The lowest BCUT2D eigenvalue weighted by molar-refractivity contribution is 0.0954. The van der Waals surface area contributed by atoms with Gasteiger partial charge in [0.1, 0.15) is 0 Å². The van der Waals surface area contributed by atoms with Crippen molar-refractivity contribution in [1.29, 1.82) is 0 Å². The van der Waals surface area contributed by atoms with Crippen LogP contribution in [-0.4, -0.2) is 29.0 Å². The predicted molar refractivity (Wildman–Crippen MR) is 77.9 cm³/mol. The lowest BCUT2D eigenvalue weighted by atomic mass is 10.0. The number of H-pyrrole nitrogens is 1. The van der Waals surface area contributed by atoms with E-state index in [0.29, 0.717) is 6.54 Å². The van der Waals surface area contributed by atoms with Crippen molar-refractivity contribution >= 4 is 11.6 Å². The Labute approximate surface area is 117 Å². The number of imidazole rings is 1. The molecule has 5 heteroatoms. The summed E-state index contributed by atoms with van der Waals surface area (Å²) in [6, 6.07) is 5.87. The zero-order valence-electron chi connectivity index (χ0n) is 11.3. The summed E-state index contributed by atoms with van der Waals surface area (Å²) in [5, 5.41) is 6.28. The first-order valence-corrected chi connectivity index (χ1v) is 6.95. The molecule has 1 aliphatic heterocycles. The van der Waals surface area contributed by atoms with Crippen LogP contribution >= 0.6 is 0 Å². The summed E-state index contributed by atoms with van der Waals surface area (Å²) in [4.78, 5) is 19.1. The molecule has 1 aromatic heterocycles. The number of amides is 1. The molecule has 5 nitrogen and oxygen atoms in total. The Morgan fingerprint density at radius 1 is 1.40 bits per heavy atom. The van der Waals surface area contributed by atoms with Crippen molar-refractivity contribution in [1.82, 2.24) is 15.3 Å². The molecular weight excluding hydrogens is 252 g/mol. The number of anilines is 1. The van der Waals surface area contributed by atoms with Crippen LogP contribution in [0.1, 0.15) is 28.0 Å². The van der Waals surface area contributed by atoms with Crippen LogP contribution in [0.25, 0.3) is 0 Å². The first-order valence-electron chi connectivity index (χ1n) is 6.95. The number of aromatic amines is 1. The second-order valence-corrected chi connectivity index (χ2v) is 4.99. The highest BCUT2D eigenvalue weighted by atomic mass is 16.1. The van der Waals surface area contributed by atoms with E-state index in [-0.39, 0.29) is 5.91 Å². The third-order valence-corrected chi connectivity index (χ3v) is 3.54. The Morgan fingerprint density at radius 2 is 2.35 bits per heavy atom. The molecule has 104 valence electrons. The molecule has 2 heterocycles. The van der Waals surface area contributed by atoms with Crippen LogP contribution in [0, 0.1) is 0 Å². The molecule has 0 saturated carbocycles. The van der Waals surface area contributed by atoms with Crippen molar-refractivity contribution in [2.75, 3.05) is 18.4 Å². The number of rotatable bonds is 4. The van der Waals surface area contributed by atoms with Crippen LogP contribution in [0.15, 0.2) is 30.7 Å². The maximum Gasteiger partial charge on any atom is 0.251 e. The van der Waals surface area contributed by atoms with E-state index in [1.807, 2.05) is 18.2 Å². The van der Waals surface area contributed by atoms with Gasteiger partial charge in [-0.2, -0.15) is 0 Å². The number of nitrogens with zero attached hydrogens (tertiary/aromatic N) is 1. The van der Waals surface area contributed by atoms with E-state index in [4.69, 9.17) is 0 Å². The number of aromatic nitrogens is 2. The highest BCUT2D eigenvalue weighted by Gasteiger charge is 2.12. The lowest BCUT2D eigenvalue weighted by Crippen LogP contribution is -2.26. The molecule has 0 atom stereocenters. The highest BCUT2D eigenvalue weighted by molar-refractivity contribution is 5.94. The Hall–Kier alpha value is -2.30. The number of carbonyl (C=O) groups is 1. The molecule has 2 aromatic rings. The van der Waals surface area contributed by atoms with Gasteiger partial charge in [0.15, 0.2) is 0 Å². The van der Waals surface area contributed by atoms with Crippen molar-refractivity contribution in [3.05, 3.63) is 47.5 Å². The summed E-state index contributed by atoms with van der Waals surface area (Å²) < 4.78 is 0. The topological polar surface area (TPSA) is 69.8 Å². The summed E-state index contributed by atoms with van der Waals surface area (Å²) in [7, 11) is 0. The standard InChI is InChI=1S/C15H18N4O/c20-15(18-7-5-13-9-16-10-19-13)12-3-4-14-11(8-12)2-1-6-17-14/h3-4,8-10,17H,1-2,5-7H2,(H,16,19)(H,18,20). The van der Waals surface area contributed by atoms with Crippen molar-refractivity contribution in [2.45, 2.75) is 19.3 Å². The van der Waals surface area contributed by atoms with E-state index in [1.165, 1.54) is 5.56 Å². The monoisotopic (exact) mass is 270 g/mol. The molecule has 1 aromatic carbocycles. The summed E-state index contributed by atoms with van der Waals surface area (Å²) in [6.07, 6.45) is 6.35. The van der Waals surface area contributed by atoms with Gasteiger partial charge in [0.25, 0.3) is 5.91 Å². The molecule has 0 radical (unpaired) electrons. The fourth-order valence-electron chi connectivity index (χ4n) is 2.45. The quantitative estimate of drug-likeness (QED) is 0.792. The third kappa shape index (κ3) is 2.82. The third-order valence-electron chi connectivity index (χ3n) is 3.54. The first kappa shape index (κ1) is 12.7. The smallest absolute Gasteiger partial charge is 0.251 e. The van der Waals surface area contributed by atoms with Crippen molar-refractivity contribution in [2.24, 2.45) is 0 Å². The van der Waals surface area contributed by atoms with Gasteiger partial charge >= 0.3 is 0 Å². The number of hydrogen-bond donors (Lipinski definition) is 3. The number of carbonyl (C=O) groups excluding carboxylic acids is 1. The maximum absolute atomic E-state index is 12.1. The van der Waals surface area contributed by atoms with Crippen LogP contribution in [0.5, 0.6) is 0 Å². The minimum absolute atomic E-state index is 0.0158. The van der Waals surface area contributed by atoms with Crippen molar-refractivity contribution < 1.29 is 4.79 Å². The Balaban J connectivity index is 1.59. The molecule has 3 N–H and O–H groups in total. The summed E-state index contributed by atoms with van der Waals surface area (Å²) >= 11 is 0. The van der Waals surface area contributed by atoms with Gasteiger partial charge in [-0.3, -0.25) is 4.79 Å². The van der Waals surface area contributed by atoms with E-state index in [0.717, 1.165) is 42.8 Å². The molecule has 1 aliphatic rings. The van der Waals surface area contributed by atoms with Crippen LogP contribution in [0.3, 0.4) is 0 Å². The molecular formula is C15H18N4O. The summed E-state index contributed by atoms with van der Waals surface area (Å²) in [5.41, 5.74) is 4.15. The zero-order valence-corrected chi connectivity index (χ0v) is 11.3. The van der Waals surface area contributed by atoms with Gasteiger partial charge in [0.05, 0.1) is 6.33 Å². The summed E-state index contributed by atoms with van der Waals surface area (Å²) in [5.74, 6) is -0.0158. The number of benzene rings is 1. The van der Waals surface area contributed by atoms with Crippen LogP contribution in [-0.2, 0) is 12.8 Å². The predicted octanol–water partition coefficient (Wildman–Crippen LogP) is 1.74. The molecule has 0 saturated heterocycles. The van der Waals surface area contributed by atoms with Gasteiger partial charge in [-0.25, -0.2) is 4.98 Å². The lowest BCUT2D eigenvalue weighted by Gasteiger charge is -2.18. The minimum atomic E-state index is -0.0158. The molecule has 0 aliphatic carbocycles. The van der Waals surface area contributed by atoms with Crippen LogP contribution in [0.4, 0.5) is 5.69 Å². The Kier molecular flexibility index (Phi) is 3.67. The number of nitrogens with one attached hydrogen (secondary N) is 3. The van der Waals surface area contributed by atoms with Gasteiger partial charge in [0, 0.05) is 42.7 Å². The van der Waals surface area contributed by atoms with Crippen LogP contribution in [0.2, 0.25) is 0 Å². The van der Waals surface area contributed by atoms with Gasteiger partial charge in [0.2, 0.25) is 0 Å². The average Bonchev–Trinajstić information content (AvgIpc) is 3.00. The van der Waals surface area contributed by atoms with E-state index in [1.54, 1.807) is 12.5 Å². The first-order chi connectivity index (χ1) is 9.83. The molecule has 0 unspecified atom stereocenters. The molecule has 0 bridgehead atoms. The van der Waals surface area contributed by atoms with Crippen molar-refractivity contribution in [3.63, 3.8) is 0 Å². The second kappa shape index (κ2) is 5.77. The van der Waals surface area contributed by atoms with Crippen molar-refractivity contribution in [3.8, 4) is 0 Å². The minimum Gasteiger partial charge on any atom is -0.385 e. The second-order valence-electron chi connectivity index (χ2n) is 4.99. The summed E-state index contributed by atoms with van der Waals surface area (Å²) in [6.45, 7) is 1.62. The molecule has 20 heavy (non-hydrogen) atoms. The fraction of sp³-hybridized carbons (Fsp3) is 0.333. The molecule has 1 amide bonds. The largest absolute Gasteiger partial charge is 0.385 e. The molecule has 0 fully saturated rings. The van der Waals surface area contributed by atoms with Gasteiger partial charge in [-0.05, 0) is 36.6 Å². The fourth-order valence-corrected chi connectivity index (χ4v) is 2.45. The Bertz CT molecular complexity index is 592. The van der Waals surface area contributed by atoms with Gasteiger partial charge in [-0.15, -0.1) is 0 Å². The number of fused-ring (bicyclic) bond motifs is 1. The van der Waals surface area contributed by atoms with Gasteiger partial charge in [-0.1, -0.05) is 0 Å². The SMILES string of the molecule is O=C(NCCc1cnc[nH]1)c1ccc2c(c1)CCCN2. The number of aryl methyl sites for hydroxylation is 1. The Morgan fingerprint density at radius 3 is 3.20 bits per heavy atom.